The van der Waals surface area contributed by atoms with Crippen molar-refractivity contribution in [3.63, 3.8) is 0 Å². The number of rotatable bonds is 6. The third kappa shape index (κ3) is 5.09. The maximum atomic E-state index is 11.8. The van der Waals surface area contributed by atoms with Crippen molar-refractivity contribution in [1.82, 2.24) is 10.6 Å². The summed E-state index contributed by atoms with van der Waals surface area (Å²) in [5.74, 6) is 0.558. The van der Waals surface area contributed by atoms with Gasteiger partial charge in [-0.25, -0.2) is 0 Å². The summed E-state index contributed by atoms with van der Waals surface area (Å²) in [4.78, 5) is 11.8. The predicted molar refractivity (Wildman–Crippen MR) is 73.0 cm³/mol. The van der Waals surface area contributed by atoms with E-state index in [1.54, 1.807) is 0 Å². The van der Waals surface area contributed by atoms with E-state index in [2.05, 4.69) is 17.6 Å². The number of nitrogens with one attached hydrogen (secondary N) is 2. The molecule has 2 aliphatic rings. The second-order valence-corrected chi connectivity index (χ2v) is 5.55. The third-order valence-electron chi connectivity index (χ3n) is 4.03. The average molecular weight is 270 g/mol. The van der Waals surface area contributed by atoms with E-state index in [9.17, 15) is 4.79 Å². The molecule has 2 atom stereocenters. The topological polar surface area (TPSA) is 59.6 Å². The van der Waals surface area contributed by atoms with E-state index in [0.717, 1.165) is 45.6 Å². The van der Waals surface area contributed by atoms with Gasteiger partial charge in [-0.1, -0.05) is 0 Å². The maximum absolute atomic E-state index is 11.8. The molecule has 2 unspecified atom stereocenters. The number of piperidine rings is 1. The summed E-state index contributed by atoms with van der Waals surface area (Å²) in [6.07, 6.45) is 3.94. The fraction of sp³-hybridized carbons (Fsp3) is 0.929. The van der Waals surface area contributed by atoms with E-state index in [1.807, 2.05) is 0 Å². The van der Waals surface area contributed by atoms with Crippen molar-refractivity contribution in [2.24, 2.45) is 5.92 Å². The van der Waals surface area contributed by atoms with Gasteiger partial charge in [-0.3, -0.25) is 4.79 Å². The molecule has 2 N–H and O–H groups in total. The van der Waals surface area contributed by atoms with Crippen molar-refractivity contribution >= 4 is 5.91 Å². The fourth-order valence-corrected chi connectivity index (χ4v) is 2.67. The second-order valence-electron chi connectivity index (χ2n) is 5.55. The number of ether oxygens (including phenoxy) is 2. The van der Waals surface area contributed by atoms with Gasteiger partial charge in [0.1, 0.15) is 0 Å². The van der Waals surface area contributed by atoms with Gasteiger partial charge in [0.05, 0.1) is 19.3 Å². The minimum absolute atomic E-state index is 0.0911. The van der Waals surface area contributed by atoms with Gasteiger partial charge in [0.25, 0.3) is 0 Å². The minimum Gasteiger partial charge on any atom is -0.381 e. The van der Waals surface area contributed by atoms with Crippen LogP contribution in [0.5, 0.6) is 0 Å². The minimum atomic E-state index is 0.0911. The average Bonchev–Trinajstić information content (AvgIpc) is 2.94. The molecule has 2 rings (SSSR count). The summed E-state index contributed by atoms with van der Waals surface area (Å²) in [5, 5.41) is 6.35. The van der Waals surface area contributed by atoms with Crippen molar-refractivity contribution < 1.29 is 14.3 Å². The van der Waals surface area contributed by atoms with Crippen LogP contribution < -0.4 is 10.6 Å². The molecule has 2 fully saturated rings. The van der Waals surface area contributed by atoms with E-state index < -0.39 is 0 Å². The molecule has 5 nitrogen and oxygen atoms in total. The third-order valence-corrected chi connectivity index (χ3v) is 4.03. The molecule has 0 aliphatic carbocycles. The van der Waals surface area contributed by atoms with Gasteiger partial charge >= 0.3 is 0 Å². The molecule has 0 aromatic heterocycles. The molecule has 0 spiro atoms. The van der Waals surface area contributed by atoms with Gasteiger partial charge in [0.2, 0.25) is 5.91 Å². The normalized spacial score (nSPS) is 26.3. The molecular weight excluding hydrogens is 244 g/mol. The lowest BCUT2D eigenvalue weighted by molar-refractivity contribution is -0.123. The molecule has 2 saturated heterocycles. The Hall–Kier alpha value is -0.650. The zero-order chi connectivity index (χ0) is 13.5. The van der Waals surface area contributed by atoms with Crippen LogP contribution in [0.4, 0.5) is 0 Å². The van der Waals surface area contributed by atoms with Crippen LogP contribution in [0, 0.1) is 5.92 Å². The van der Waals surface area contributed by atoms with Crippen LogP contribution in [0.2, 0.25) is 0 Å². The van der Waals surface area contributed by atoms with E-state index in [4.69, 9.17) is 9.47 Å². The molecule has 2 heterocycles. The molecule has 1 amide bonds. The molecule has 19 heavy (non-hydrogen) atoms. The first-order chi connectivity index (χ1) is 9.25. The summed E-state index contributed by atoms with van der Waals surface area (Å²) in [6.45, 7) is 6.23. The van der Waals surface area contributed by atoms with Crippen LogP contribution in [0.3, 0.4) is 0 Å². The van der Waals surface area contributed by atoms with Crippen LogP contribution in [-0.2, 0) is 14.3 Å². The Balaban J connectivity index is 1.56. The number of hydrogen-bond donors (Lipinski definition) is 2. The lowest BCUT2D eigenvalue weighted by atomic mass is 10.0. The largest absolute Gasteiger partial charge is 0.381 e. The van der Waals surface area contributed by atoms with Crippen molar-refractivity contribution in [3.8, 4) is 0 Å². The van der Waals surface area contributed by atoms with Gasteiger partial charge in [-0.2, -0.15) is 0 Å². The van der Waals surface area contributed by atoms with E-state index in [0.29, 0.717) is 25.0 Å². The molecule has 0 bridgehead atoms. The Morgan fingerprint density at radius 1 is 1.42 bits per heavy atom. The highest BCUT2D eigenvalue weighted by Gasteiger charge is 2.23. The van der Waals surface area contributed by atoms with Crippen molar-refractivity contribution in [2.45, 2.75) is 44.8 Å². The summed E-state index contributed by atoms with van der Waals surface area (Å²) in [6, 6.07) is 0.203. The van der Waals surface area contributed by atoms with Crippen LogP contribution >= 0.6 is 0 Å². The number of amides is 1. The van der Waals surface area contributed by atoms with Gasteiger partial charge in [-0.15, -0.1) is 0 Å². The fourth-order valence-electron chi connectivity index (χ4n) is 2.67. The highest BCUT2D eigenvalue weighted by Crippen LogP contribution is 2.16. The lowest BCUT2D eigenvalue weighted by Crippen LogP contribution is -2.39. The molecule has 0 saturated carbocycles. The zero-order valence-electron chi connectivity index (χ0n) is 11.8. The van der Waals surface area contributed by atoms with Crippen molar-refractivity contribution in [1.29, 1.82) is 0 Å². The first-order valence-corrected chi connectivity index (χ1v) is 7.45. The molecule has 0 radical (unpaired) electrons. The summed E-state index contributed by atoms with van der Waals surface area (Å²) in [7, 11) is 0. The molecule has 0 aromatic carbocycles. The highest BCUT2D eigenvalue weighted by molar-refractivity contribution is 5.76. The Kier molecular flexibility index (Phi) is 6.07. The molecule has 0 aromatic rings. The quantitative estimate of drug-likeness (QED) is 0.745. The Morgan fingerprint density at radius 3 is 2.89 bits per heavy atom. The second kappa shape index (κ2) is 7.82. The maximum Gasteiger partial charge on any atom is 0.222 e. The molecular formula is C14H26N2O3. The predicted octanol–water partition coefficient (Wildman–Crippen LogP) is 0.686. The number of carbonyl (C=O) groups is 1. The van der Waals surface area contributed by atoms with Crippen LogP contribution in [0.25, 0.3) is 0 Å². The SMILES string of the molecule is CC(NC(=O)CCOC1CCNCC1)C1CCOC1. The van der Waals surface area contributed by atoms with E-state index in [-0.39, 0.29) is 11.9 Å². The van der Waals surface area contributed by atoms with Crippen LogP contribution in [0.1, 0.15) is 32.6 Å². The first-order valence-electron chi connectivity index (χ1n) is 7.45. The number of carbonyl (C=O) groups excluding carboxylic acids is 1. The summed E-state index contributed by atoms with van der Waals surface area (Å²) >= 11 is 0. The van der Waals surface area contributed by atoms with E-state index >= 15 is 0 Å². The highest BCUT2D eigenvalue weighted by atomic mass is 16.5. The molecule has 2 aliphatic heterocycles. The van der Waals surface area contributed by atoms with Gasteiger partial charge in [0.15, 0.2) is 0 Å². The number of hydrogen-bond acceptors (Lipinski definition) is 4. The van der Waals surface area contributed by atoms with Crippen LogP contribution in [-0.4, -0.2) is 51.0 Å². The smallest absolute Gasteiger partial charge is 0.222 e. The standard InChI is InChI=1S/C14H26N2O3/c1-11(12-4-8-18-10-12)16-14(17)5-9-19-13-2-6-15-7-3-13/h11-13,15H,2-10H2,1H3,(H,16,17). The Bertz CT molecular complexity index is 274. The Labute approximate surface area is 115 Å². The van der Waals surface area contributed by atoms with Gasteiger partial charge < -0.3 is 20.1 Å². The first kappa shape index (κ1) is 14.8. The zero-order valence-corrected chi connectivity index (χ0v) is 11.8. The summed E-state index contributed by atoms with van der Waals surface area (Å²) < 4.78 is 11.1. The van der Waals surface area contributed by atoms with Crippen molar-refractivity contribution in [3.05, 3.63) is 0 Å². The summed E-state index contributed by atoms with van der Waals surface area (Å²) in [5.41, 5.74) is 0. The lowest BCUT2D eigenvalue weighted by Gasteiger charge is -2.23. The molecule has 110 valence electrons. The van der Waals surface area contributed by atoms with E-state index in [1.165, 1.54) is 0 Å². The van der Waals surface area contributed by atoms with Crippen LogP contribution in [0.15, 0.2) is 0 Å². The van der Waals surface area contributed by atoms with Crippen molar-refractivity contribution in [2.75, 3.05) is 32.9 Å². The Morgan fingerprint density at radius 2 is 2.21 bits per heavy atom. The van der Waals surface area contributed by atoms with Gasteiger partial charge in [-0.05, 0) is 39.3 Å². The monoisotopic (exact) mass is 270 g/mol. The molecule has 5 heteroatoms. The van der Waals surface area contributed by atoms with Gasteiger partial charge in [0, 0.05) is 25.0 Å².